The van der Waals surface area contributed by atoms with Crippen molar-refractivity contribution < 1.29 is 14.3 Å². The largest absolute Gasteiger partial charge is 0.474 e. The van der Waals surface area contributed by atoms with Crippen molar-refractivity contribution in [2.75, 3.05) is 6.54 Å². The molecule has 1 atom stereocenters. The number of carbonyl (C=O) groups is 2. The maximum absolute atomic E-state index is 12.8. The van der Waals surface area contributed by atoms with E-state index < -0.39 is 17.5 Å². The predicted molar refractivity (Wildman–Crippen MR) is 128 cm³/mol. The SMILES string of the molecule is O=C(NCC(NC(=O)c1cc(Cl)[nH]c(=O)c1)c1ccccc1)c1ccc(OC2CCCC2)nc1. The average Bonchev–Trinajstić information content (AvgIpc) is 3.35. The van der Waals surface area contributed by atoms with E-state index >= 15 is 0 Å². The zero-order valence-electron chi connectivity index (χ0n) is 18.4. The van der Waals surface area contributed by atoms with Gasteiger partial charge in [0.2, 0.25) is 11.4 Å². The van der Waals surface area contributed by atoms with Crippen LogP contribution in [-0.4, -0.2) is 34.4 Å². The van der Waals surface area contributed by atoms with Crippen LogP contribution in [0.15, 0.2) is 65.6 Å². The molecular formula is C25H25ClN4O4. The summed E-state index contributed by atoms with van der Waals surface area (Å²) < 4.78 is 5.84. The number of benzene rings is 1. The number of H-pyrrole nitrogens is 1. The smallest absolute Gasteiger partial charge is 0.252 e. The van der Waals surface area contributed by atoms with Crippen LogP contribution in [0.4, 0.5) is 0 Å². The van der Waals surface area contributed by atoms with E-state index in [1.165, 1.54) is 18.3 Å². The van der Waals surface area contributed by atoms with Gasteiger partial charge >= 0.3 is 0 Å². The molecule has 1 fully saturated rings. The van der Waals surface area contributed by atoms with E-state index in [4.69, 9.17) is 16.3 Å². The summed E-state index contributed by atoms with van der Waals surface area (Å²) in [5.74, 6) is -0.296. The molecule has 4 rings (SSSR count). The van der Waals surface area contributed by atoms with Gasteiger partial charge in [-0.1, -0.05) is 41.9 Å². The summed E-state index contributed by atoms with van der Waals surface area (Å²) in [4.78, 5) is 43.8. The molecule has 2 heterocycles. The molecule has 2 aromatic heterocycles. The lowest BCUT2D eigenvalue weighted by Crippen LogP contribution is -2.38. The first kappa shape index (κ1) is 23.5. The van der Waals surface area contributed by atoms with Crippen LogP contribution in [0.2, 0.25) is 5.15 Å². The van der Waals surface area contributed by atoms with Gasteiger partial charge in [0.05, 0.1) is 11.6 Å². The second-order valence-corrected chi connectivity index (χ2v) is 8.54. The number of aromatic amines is 1. The molecule has 1 aromatic carbocycles. The summed E-state index contributed by atoms with van der Waals surface area (Å²) in [6, 6.07) is 14.6. The Balaban J connectivity index is 1.41. The monoisotopic (exact) mass is 480 g/mol. The highest BCUT2D eigenvalue weighted by Gasteiger charge is 2.19. The Labute approximate surface area is 201 Å². The Kier molecular flexibility index (Phi) is 7.59. The molecule has 0 spiro atoms. The lowest BCUT2D eigenvalue weighted by atomic mass is 10.1. The number of amides is 2. The van der Waals surface area contributed by atoms with Crippen LogP contribution >= 0.6 is 11.6 Å². The topological polar surface area (TPSA) is 113 Å². The number of carbonyl (C=O) groups excluding carboxylic acids is 2. The number of pyridine rings is 2. The van der Waals surface area contributed by atoms with Gasteiger partial charge in [0, 0.05) is 30.4 Å². The molecular weight excluding hydrogens is 456 g/mol. The Hall–Kier alpha value is -3.65. The molecule has 0 radical (unpaired) electrons. The summed E-state index contributed by atoms with van der Waals surface area (Å²) in [6.45, 7) is 0.131. The second kappa shape index (κ2) is 11.0. The summed E-state index contributed by atoms with van der Waals surface area (Å²) in [6.07, 6.45) is 6.06. The van der Waals surface area contributed by atoms with Crippen LogP contribution in [0.1, 0.15) is 58.0 Å². The zero-order valence-corrected chi connectivity index (χ0v) is 19.2. The van der Waals surface area contributed by atoms with Gasteiger partial charge in [-0.2, -0.15) is 0 Å². The molecule has 2 amide bonds. The molecule has 0 bridgehead atoms. The quantitative estimate of drug-likeness (QED) is 0.426. The highest BCUT2D eigenvalue weighted by Crippen LogP contribution is 2.23. The molecule has 0 aliphatic heterocycles. The molecule has 1 unspecified atom stereocenters. The normalized spacial score (nSPS) is 14.4. The van der Waals surface area contributed by atoms with E-state index in [1.807, 2.05) is 30.3 Å². The van der Waals surface area contributed by atoms with Gasteiger partial charge < -0.3 is 20.4 Å². The summed E-state index contributed by atoms with van der Waals surface area (Å²) in [5, 5.41) is 5.77. The Bertz CT molecular complexity index is 1190. The van der Waals surface area contributed by atoms with Crippen molar-refractivity contribution >= 4 is 23.4 Å². The number of rotatable bonds is 8. The fraction of sp³-hybridized carbons (Fsp3) is 0.280. The van der Waals surface area contributed by atoms with Gasteiger partial charge in [0.15, 0.2) is 0 Å². The molecule has 3 N–H and O–H groups in total. The van der Waals surface area contributed by atoms with Gasteiger partial charge in [0.1, 0.15) is 11.3 Å². The average molecular weight is 481 g/mol. The van der Waals surface area contributed by atoms with Crippen molar-refractivity contribution in [3.8, 4) is 5.88 Å². The number of hydrogen-bond donors (Lipinski definition) is 3. The number of ether oxygens (including phenoxy) is 1. The number of nitrogens with zero attached hydrogens (tertiary/aromatic N) is 1. The van der Waals surface area contributed by atoms with Crippen LogP contribution < -0.4 is 20.9 Å². The van der Waals surface area contributed by atoms with Crippen LogP contribution in [0.3, 0.4) is 0 Å². The second-order valence-electron chi connectivity index (χ2n) is 8.14. The van der Waals surface area contributed by atoms with Crippen LogP contribution in [0.5, 0.6) is 5.88 Å². The van der Waals surface area contributed by atoms with Crippen molar-refractivity contribution in [3.05, 3.63) is 93.0 Å². The van der Waals surface area contributed by atoms with Crippen LogP contribution in [0, 0.1) is 0 Å². The van der Waals surface area contributed by atoms with Gasteiger partial charge in [-0.25, -0.2) is 4.98 Å². The number of nitrogens with one attached hydrogen (secondary N) is 3. The first-order valence-corrected chi connectivity index (χ1v) is 11.5. The van der Waals surface area contributed by atoms with E-state index in [1.54, 1.807) is 12.1 Å². The highest BCUT2D eigenvalue weighted by atomic mass is 35.5. The number of halogens is 1. The molecule has 34 heavy (non-hydrogen) atoms. The van der Waals surface area contributed by atoms with E-state index in [0.717, 1.165) is 31.2 Å². The number of hydrogen-bond acceptors (Lipinski definition) is 5. The Morgan fingerprint density at radius 1 is 1.06 bits per heavy atom. The minimum atomic E-state index is -0.534. The summed E-state index contributed by atoms with van der Waals surface area (Å²) >= 11 is 5.87. The molecule has 8 nitrogen and oxygen atoms in total. The summed E-state index contributed by atoms with van der Waals surface area (Å²) in [5.41, 5.74) is 0.835. The van der Waals surface area contributed by atoms with E-state index in [0.29, 0.717) is 11.4 Å². The Morgan fingerprint density at radius 2 is 1.82 bits per heavy atom. The van der Waals surface area contributed by atoms with Crippen molar-refractivity contribution in [2.45, 2.75) is 37.8 Å². The van der Waals surface area contributed by atoms with Crippen molar-refractivity contribution in [3.63, 3.8) is 0 Å². The third-order valence-electron chi connectivity index (χ3n) is 5.64. The number of aromatic nitrogens is 2. The van der Waals surface area contributed by atoms with Crippen LogP contribution in [0.25, 0.3) is 0 Å². The zero-order chi connectivity index (χ0) is 23.9. The third-order valence-corrected chi connectivity index (χ3v) is 5.84. The van der Waals surface area contributed by atoms with Crippen LogP contribution in [-0.2, 0) is 0 Å². The molecule has 0 saturated heterocycles. The maximum Gasteiger partial charge on any atom is 0.252 e. The van der Waals surface area contributed by atoms with E-state index in [2.05, 4.69) is 20.6 Å². The molecule has 176 valence electrons. The summed E-state index contributed by atoms with van der Waals surface area (Å²) in [7, 11) is 0. The highest BCUT2D eigenvalue weighted by molar-refractivity contribution is 6.29. The maximum atomic E-state index is 12.8. The van der Waals surface area contributed by atoms with Crippen molar-refractivity contribution in [2.24, 2.45) is 0 Å². The van der Waals surface area contributed by atoms with Gasteiger partial charge in [0.25, 0.3) is 11.8 Å². The first-order chi connectivity index (χ1) is 16.5. The molecule has 1 aliphatic carbocycles. The molecule has 3 aromatic rings. The van der Waals surface area contributed by atoms with Gasteiger partial charge in [-0.05, 0) is 43.4 Å². The molecule has 9 heteroatoms. The predicted octanol–water partition coefficient (Wildman–Crippen LogP) is 3.65. The fourth-order valence-electron chi connectivity index (χ4n) is 3.88. The fourth-order valence-corrected chi connectivity index (χ4v) is 4.09. The Morgan fingerprint density at radius 3 is 2.50 bits per heavy atom. The van der Waals surface area contributed by atoms with Gasteiger partial charge in [-0.3, -0.25) is 14.4 Å². The minimum absolute atomic E-state index is 0.0649. The van der Waals surface area contributed by atoms with Crippen molar-refractivity contribution in [1.82, 2.24) is 20.6 Å². The van der Waals surface area contributed by atoms with Gasteiger partial charge in [-0.15, -0.1) is 0 Å². The molecule has 1 saturated carbocycles. The first-order valence-electron chi connectivity index (χ1n) is 11.1. The van der Waals surface area contributed by atoms with E-state index in [9.17, 15) is 14.4 Å². The van der Waals surface area contributed by atoms with E-state index in [-0.39, 0.29) is 29.3 Å². The third kappa shape index (κ3) is 6.23. The lowest BCUT2D eigenvalue weighted by Gasteiger charge is -2.20. The standard InChI is InChI=1S/C25H25ClN4O4/c26-21-12-18(13-22(31)30-21)25(33)29-20(16-6-2-1-3-7-16)15-28-24(32)17-10-11-23(27-14-17)34-19-8-4-5-9-19/h1-3,6-7,10-14,19-20H,4-5,8-9,15H2,(H,28,32)(H,29,33)(H,30,31). The minimum Gasteiger partial charge on any atom is -0.474 e. The lowest BCUT2D eigenvalue weighted by molar-refractivity contribution is 0.0908. The molecule has 1 aliphatic rings. The van der Waals surface area contributed by atoms with Crippen molar-refractivity contribution in [1.29, 1.82) is 0 Å².